The van der Waals surface area contributed by atoms with Crippen molar-refractivity contribution < 1.29 is 14.2 Å². The second-order valence-corrected chi connectivity index (χ2v) is 10.8. The molecule has 1 saturated heterocycles. The van der Waals surface area contributed by atoms with Gasteiger partial charge in [0.1, 0.15) is 6.61 Å². The maximum atomic E-state index is 6.27. The zero-order chi connectivity index (χ0) is 19.9. The number of ether oxygens (including phenoxy) is 3. The first-order valence-corrected chi connectivity index (χ1v) is 11.9. The van der Waals surface area contributed by atoms with E-state index in [0.29, 0.717) is 16.9 Å². The van der Waals surface area contributed by atoms with E-state index in [1.165, 1.54) is 24.0 Å². The summed E-state index contributed by atoms with van der Waals surface area (Å²) in [6.07, 6.45) is 8.38. The van der Waals surface area contributed by atoms with Gasteiger partial charge in [-0.05, 0) is 82.4 Å². The van der Waals surface area contributed by atoms with Crippen LogP contribution in [0.15, 0.2) is 12.1 Å². The topological polar surface area (TPSA) is 30.9 Å². The van der Waals surface area contributed by atoms with Crippen LogP contribution in [0.4, 0.5) is 0 Å². The van der Waals surface area contributed by atoms with Gasteiger partial charge in [0.15, 0.2) is 11.5 Å². The predicted molar refractivity (Wildman–Crippen MR) is 116 cm³/mol. The third-order valence-electron chi connectivity index (χ3n) is 6.35. The lowest BCUT2D eigenvalue weighted by Gasteiger charge is -2.44. The summed E-state index contributed by atoms with van der Waals surface area (Å²) in [5.74, 6) is 1.80. The molecule has 4 nitrogen and oxygen atoms in total. The Hall–Kier alpha value is -0.910. The first-order chi connectivity index (χ1) is 13.3. The molecule has 1 aliphatic carbocycles. The number of thioether (sulfide) groups is 1. The average molecular weight is 406 g/mol. The predicted octanol–water partition coefficient (Wildman–Crippen LogP) is 4.85. The van der Waals surface area contributed by atoms with Gasteiger partial charge < -0.3 is 14.2 Å². The van der Waals surface area contributed by atoms with Crippen LogP contribution in [-0.4, -0.2) is 54.4 Å². The number of fused-ring (bicyclic) bond motifs is 3. The quantitative estimate of drug-likeness (QED) is 0.675. The molecule has 1 aromatic carbocycles. The molecule has 1 saturated carbocycles. The average Bonchev–Trinajstić information content (AvgIpc) is 3.44. The first kappa shape index (κ1) is 20.4. The van der Waals surface area contributed by atoms with Crippen molar-refractivity contribution in [3.05, 3.63) is 23.3 Å². The van der Waals surface area contributed by atoms with E-state index in [0.717, 1.165) is 50.5 Å². The summed E-state index contributed by atoms with van der Waals surface area (Å²) < 4.78 is 18.6. The molecule has 1 aromatic rings. The van der Waals surface area contributed by atoms with Crippen LogP contribution in [0.2, 0.25) is 0 Å². The van der Waals surface area contributed by atoms with Gasteiger partial charge in [-0.1, -0.05) is 0 Å². The Balaban J connectivity index is 1.49. The number of nitrogens with zero attached hydrogens (tertiary/aromatic N) is 1. The fourth-order valence-electron chi connectivity index (χ4n) is 4.64. The van der Waals surface area contributed by atoms with Crippen molar-refractivity contribution in [3.8, 4) is 11.5 Å². The molecule has 0 spiro atoms. The number of hydrogen-bond acceptors (Lipinski definition) is 5. The van der Waals surface area contributed by atoms with Crippen LogP contribution in [0.1, 0.15) is 63.6 Å². The van der Waals surface area contributed by atoms with E-state index in [1.807, 2.05) is 11.8 Å². The van der Waals surface area contributed by atoms with Crippen molar-refractivity contribution in [1.29, 1.82) is 0 Å². The van der Waals surface area contributed by atoms with Crippen molar-refractivity contribution in [2.45, 2.75) is 75.4 Å². The summed E-state index contributed by atoms with van der Waals surface area (Å²) in [5.41, 5.74) is 2.79. The second kappa shape index (κ2) is 7.73. The van der Waals surface area contributed by atoms with Gasteiger partial charge in [-0.25, -0.2) is 0 Å². The molecule has 0 bridgehead atoms. The standard InChI is InChI=1S/C23H35NO3S/c1-22(2,3)27-17-6-7-19-18-13-20(25-4)21(26-15-23(28-5)9-10-23)12-16(18)8-11-24(19)14-17/h12-13,17,19H,6-11,14-15H2,1-5H3. The minimum absolute atomic E-state index is 0.0731. The Kier molecular flexibility index (Phi) is 5.62. The molecule has 2 heterocycles. The largest absolute Gasteiger partial charge is 0.493 e. The number of methoxy groups -OCH3 is 1. The fourth-order valence-corrected chi connectivity index (χ4v) is 5.33. The van der Waals surface area contributed by atoms with E-state index in [1.54, 1.807) is 7.11 Å². The zero-order valence-corrected chi connectivity index (χ0v) is 18.9. The van der Waals surface area contributed by atoms with Crippen molar-refractivity contribution in [3.63, 3.8) is 0 Å². The van der Waals surface area contributed by atoms with E-state index in [2.05, 4.69) is 44.1 Å². The highest BCUT2D eigenvalue weighted by Crippen LogP contribution is 2.48. The monoisotopic (exact) mass is 405 g/mol. The molecule has 28 heavy (non-hydrogen) atoms. The summed E-state index contributed by atoms with van der Waals surface area (Å²) in [5, 5.41) is 0. The Labute approximate surface area is 174 Å². The summed E-state index contributed by atoms with van der Waals surface area (Å²) in [6, 6.07) is 4.97. The number of rotatable bonds is 6. The van der Waals surface area contributed by atoms with Crippen LogP contribution in [0.3, 0.4) is 0 Å². The maximum Gasteiger partial charge on any atom is 0.161 e. The summed E-state index contributed by atoms with van der Waals surface area (Å²) in [7, 11) is 1.75. The van der Waals surface area contributed by atoms with Gasteiger partial charge in [-0.3, -0.25) is 4.90 Å². The lowest BCUT2D eigenvalue weighted by Crippen LogP contribution is -2.47. The van der Waals surface area contributed by atoms with Crippen LogP contribution >= 0.6 is 11.8 Å². The summed E-state index contributed by atoms with van der Waals surface area (Å²) in [4.78, 5) is 2.61. The van der Waals surface area contributed by atoms with Crippen molar-refractivity contribution in [1.82, 2.24) is 4.90 Å². The Morgan fingerprint density at radius 3 is 2.61 bits per heavy atom. The van der Waals surface area contributed by atoms with Gasteiger partial charge >= 0.3 is 0 Å². The van der Waals surface area contributed by atoms with Gasteiger partial charge in [-0.15, -0.1) is 0 Å². The number of benzene rings is 1. The minimum Gasteiger partial charge on any atom is -0.493 e. The van der Waals surface area contributed by atoms with Gasteiger partial charge in [0.2, 0.25) is 0 Å². The fraction of sp³-hybridized carbons (Fsp3) is 0.739. The first-order valence-electron chi connectivity index (χ1n) is 10.6. The molecule has 2 atom stereocenters. The highest BCUT2D eigenvalue weighted by atomic mass is 32.2. The van der Waals surface area contributed by atoms with Crippen molar-refractivity contribution in [2.24, 2.45) is 0 Å². The van der Waals surface area contributed by atoms with Gasteiger partial charge in [0.05, 0.1) is 18.8 Å². The normalized spacial score (nSPS) is 26.3. The molecule has 2 fully saturated rings. The van der Waals surface area contributed by atoms with Crippen LogP contribution < -0.4 is 9.47 Å². The third kappa shape index (κ3) is 4.31. The van der Waals surface area contributed by atoms with Crippen LogP contribution in [0, 0.1) is 0 Å². The summed E-state index contributed by atoms with van der Waals surface area (Å²) in [6.45, 7) is 9.37. The molecule has 2 aliphatic heterocycles. The maximum absolute atomic E-state index is 6.27. The molecule has 2 unspecified atom stereocenters. The molecule has 0 radical (unpaired) electrons. The molecular formula is C23H35NO3S. The Morgan fingerprint density at radius 2 is 1.96 bits per heavy atom. The van der Waals surface area contributed by atoms with E-state index in [9.17, 15) is 0 Å². The second-order valence-electron chi connectivity index (χ2n) is 9.57. The smallest absolute Gasteiger partial charge is 0.161 e. The van der Waals surface area contributed by atoms with E-state index in [4.69, 9.17) is 14.2 Å². The molecule has 0 N–H and O–H groups in total. The number of piperidine rings is 1. The highest BCUT2D eigenvalue weighted by molar-refractivity contribution is 8.00. The van der Waals surface area contributed by atoms with Crippen LogP contribution in [-0.2, 0) is 11.2 Å². The van der Waals surface area contributed by atoms with E-state index in [-0.39, 0.29) is 5.60 Å². The lowest BCUT2D eigenvalue weighted by molar-refractivity contribution is -0.0971. The Morgan fingerprint density at radius 1 is 1.18 bits per heavy atom. The van der Waals surface area contributed by atoms with Crippen molar-refractivity contribution >= 4 is 11.8 Å². The third-order valence-corrected chi connectivity index (χ3v) is 7.74. The molecule has 4 rings (SSSR count). The SMILES string of the molecule is COc1cc2c(cc1OCC1(SC)CC1)CCN1CC(OC(C)(C)C)CCC21. The lowest BCUT2D eigenvalue weighted by atomic mass is 9.85. The van der Waals surface area contributed by atoms with Gasteiger partial charge in [0.25, 0.3) is 0 Å². The van der Waals surface area contributed by atoms with Gasteiger partial charge in [-0.2, -0.15) is 11.8 Å². The van der Waals surface area contributed by atoms with Crippen LogP contribution in [0.25, 0.3) is 0 Å². The molecule has 3 aliphatic rings. The molecule has 0 amide bonds. The van der Waals surface area contributed by atoms with Crippen LogP contribution in [0.5, 0.6) is 11.5 Å². The number of hydrogen-bond donors (Lipinski definition) is 0. The van der Waals surface area contributed by atoms with Gasteiger partial charge in [0, 0.05) is 23.9 Å². The minimum atomic E-state index is -0.0731. The van der Waals surface area contributed by atoms with E-state index >= 15 is 0 Å². The molecular weight excluding hydrogens is 370 g/mol. The summed E-state index contributed by atoms with van der Waals surface area (Å²) >= 11 is 1.93. The molecule has 0 aromatic heterocycles. The highest BCUT2D eigenvalue weighted by Gasteiger charge is 2.43. The molecule has 156 valence electrons. The molecule has 5 heteroatoms. The van der Waals surface area contributed by atoms with Crippen molar-refractivity contribution in [2.75, 3.05) is 33.1 Å². The zero-order valence-electron chi connectivity index (χ0n) is 18.0. The Bertz CT molecular complexity index is 711. The van der Waals surface area contributed by atoms with E-state index < -0.39 is 0 Å².